The summed E-state index contributed by atoms with van der Waals surface area (Å²) in [4.78, 5) is 16.7. The van der Waals surface area contributed by atoms with Crippen LogP contribution in [-0.4, -0.2) is 16.1 Å². The molecule has 1 atom stereocenters. The van der Waals surface area contributed by atoms with Gasteiger partial charge in [-0.3, -0.25) is 14.7 Å². The summed E-state index contributed by atoms with van der Waals surface area (Å²) in [6, 6.07) is 7.49. The molecule has 1 N–H and O–H groups in total. The minimum absolute atomic E-state index is 0.0509. The van der Waals surface area contributed by atoms with Gasteiger partial charge in [0.05, 0.1) is 23.4 Å². The van der Waals surface area contributed by atoms with Gasteiger partial charge in [0, 0.05) is 0 Å². The van der Waals surface area contributed by atoms with Crippen LogP contribution < -0.4 is 10.9 Å². The van der Waals surface area contributed by atoms with Gasteiger partial charge in [0.2, 0.25) is 0 Å². The second-order valence-corrected chi connectivity index (χ2v) is 4.44. The molecule has 1 saturated heterocycles. The summed E-state index contributed by atoms with van der Waals surface area (Å²) in [7, 11) is 0. The largest absolute Gasteiger partial charge is 0.297 e. The molecule has 0 bridgehead atoms. The fourth-order valence-electron chi connectivity index (χ4n) is 2.38. The van der Waals surface area contributed by atoms with E-state index in [1.54, 1.807) is 10.9 Å². The smallest absolute Gasteiger partial charge is 0.262 e. The van der Waals surface area contributed by atoms with Crippen molar-refractivity contribution >= 4 is 10.9 Å². The average Bonchev–Trinajstić information content (AvgIpc) is 2.40. The second-order valence-electron chi connectivity index (χ2n) is 4.44. The van der Waals surface area contributed by atoms with Crippen LogP contribution in [0.5, 0.6) is 0 Å². The molecule has 1 aromatic carbocycles. The van der Waals surface area contributed by atoms with Crippen LogP contribution in [0.15, 0.2) is 35.4 Å². The van der Waals surface area contributed by atoms with Gasteiger partial charge in [-0.05, 0) is 37.9 Å². The number of nitrogens with one attached hydrogen (secondary N) is 1. The van der Waals surface area contributed by atoms with Gasteiger partial charge in [0.25, 0.3) is 5.56 Å². The van der Waals surface area contributed by atoms with E-state index >= 15 is 0 Å². The van der Waals surface area contributed by atoms with Gasteiger partial charge >= 0.3 is 0 Å². The van der Waals surface area contributed by atoms with Gasteiger partial charge in [0.15, 0.2) is 0 Å². The number of piperidine rings is 1. The molecule has 4 nitrogen and oxygen atoms in total. The lowest BCUT2D eigenvalue weighted by Crippen LogP contribution is -2.37. The van der Waals surface area contributed by atoms with E-state index in [4.69, 9.17) is 0 Å². The highest BCUT2D eigenvalue weighted by Gasteiger charge is 2.16. The van der Waals surface area contributed by atoms with Crippen molar-refractivity contribution in [2.45, 2.75) is 25.4 Å². The van der Waals surface area contributed by atoms with E-state index in [0.29, 0.717) is 5.39 Å². The molecule has 17 heavy (non-hydrogen) atoms. The summed E-state index contributed by atoms with van der Waals surface area (Å²) in [6.07, 6.45) is 5.12. The average molecular weight is 229 g/mol. The molecule has 0 aliphatic carbocycles. The lowest BCUT2D eigenvalue weighted by Gasteiger charge is -2.25. The third-order valence-electron chi connectivity index (χ3n) is 3.31. The van der Waals surface area contributed by atoms with Crippen molar-refractivity contribution in [1.82, 2.24) is 14.9 Å². The van der Waals surface area contributed by atoms with Gasteiger partial charge in [-0.1, -0.05) is 12.1 Å². The van der Waals surface area contributed by atoms with E-state index in [2.05, 4.69) is 10.3 Å². The van der Waals surface area contributed by atoms with Crippen LogP contribution in [0.1, 0.15) is 25.4 Å². The second kappa shape index (κ2) is 4.30. The molecule has 1 unspecified atom stereocenters. The molecule has 1 aromatic heterocycles. The fourth-order valence-corrected chi connectivity index (χ4v) is 2.38. The van der Waals surface area contributed by atoms with Crippen LogP contribution >= 0.6 is 0 Å². The van der Waals surface area contributed by atoms with Crippen molar-refractivity contribution in [3.8, 4) is 0 Å². The molecule has 0 saturated carbocycles. The number of fused-ring (bicyclic) bond motifs is 1. The van der Waals surface area contributed by atoms with Crippen molar-refractivity contribution < 1.29 is 0 Å². The topological polar surface area (TPSA) is 46.9 Å². The Morgan fingerprint density at radius 2 is 2.18 bits per heavy atom. The minimum Gasteiger partial charge on any atom is -0.297 e. The summed E-state index contributed by atoms with van der Waals surface area (Å²) in [5, 5.41) is 4.06. The van der Waals surface area contributed by atoms with Gasteiger partial charge < -0.3 is 0 Å². The molecule has 0 amide bonds. The first-order valence-corrected chi connectivity index (χ1v) is 6.05. The quantitative estimate of drug-likeness (QED) is 0.809. The maximum Gasteiger partial charge on any atom is 0.262 e. The summed E-state index contributed by atoms with van der Waals surface area (Å²) >= 11 is 0. The van der Waals surface area contributed by atoms with E-state index in [1.165, 1.54) is 6.42 Å². The fraction of sp³-hybridized carbons (Fsp3) is 0.385. The number of hydrogen-bond donors (Lipinski definition) is 1. The number of aromatic nitrogens is 2. The Morgan fingerprint density at radius 1 is 1.29 bits per heavy atom. The molecule has 88 valence electrons. The summed E-state index contributed by atoms with van der Waals surface area (Å²) in [6.45, 7) is 0.976. The summed E-state index contributed by atoms with van der Waals surface area (Å²) in [5.41, 5.74) is 0.819. The first-order chi connectivity index (χ1) is 8.36. The van der Waals surface area contributed by atoms with Crippen LogP contribution in [0.25, 0.3) is 10.9 Å². The molecular weight excluding hydrogens is 214 g/mol. The molecule has 0 radical (unpaired) electrons. The SMILES string of the molecule is O=c1c2ccccc2ncn1C1CCCCN1. The highest BCUT2D eigenvalue weighted by Crippen LogP contribution is 2.15. The predicted octanol–water partition coefficient (Wildman–Crippen LogP) is 1.67. The van der Waals surface area contributed by atoms with Gasteiger partial charge in [-0.15, -0.1) is 0 Å². The highest BCUT2D eigenvalue weighted by molar-refractivity contribution is 5.76. The molecule has 2 heterocycles. The predicted molar refractivity (Wildman–Crippen MR) is 66.9 cm³/mol. The zero-order valence-electron chi connectivity index (χ0n) is 9.60. The summed E-state index contributed by atoms with van der Waals surface area (Å²) < 4.78 is 1.72. The third-order valence-corrected chi connectivity index (χ3v) is 3.31. The van der Waals surface area contributed by atoms with E-state index in [1.807, 2.05) is 24.3 Å². The highest BCUT2D eigenvalue weighted by atomic mass is 16.1. The summed E-state index contributed by atoms with van der Waals surface area (Å²) in [5.74, 6) is 0. The Kier molecular flexibility index (Phi) is 2.65. The van der Waals surface area contributed by atoms with Crippen molar-refractivity contribution in [1.29, 1.82) is 0 Å². The lowest BCUT2D eigenvalue weighted by atomic mass is 10.1. The molecule has 4 heteroatoms. The van der Waals surface area contributed by atoms with Crippen molar-refractivity contribution in [2.24, 2.45) is 0 Å². The van der Waals surface area contributed by atoms with E-state index in [-0.39, 0.29) is 11.7 Å². The van der Waals surface area contributed by atoms with E-state index in [9.17, 15) is 4.79 Å². The Balaban J connectivity index is 2.11. The number of para-hydroxylation sites is 1. The zero-order chi connectivity index (χ0) is 11.7. The lowest BCUT2D eigenvalue weighted by molar-refractivity contribution is 0.313. The first kappa shape index (κ1) is 10.5. The molecule has 0 spiro atoms. The van der Waals surface area contributed by atoms with Crippen LogP contribution in [0, 0.1) is 0 Å². The minimum atomic E-state index is 0.0509. The molecule has 1 aliphatic rings. The maximum atomic E-state index is 12.3. The number of nitrogens with zero attached hydrogens (tertiary/aromatic N) is 2. The first-order valence-electron chi connectivity index (χ1n) is 6.05. The number of hydrogen-bond acceptors (Lipinski definition) is 3. The van der Waals surface area contributed by atoms with Gasteiger partial charge in [-0.2, -0.15) is 0 Å². The third kappa shape index (κ3) is 1.85. The molecule has 1 fully saturated rings. The monoisotopic (exact) mass is 229 g/mol. The van der Waals surface area contributed by atoms with Crippen LogP contribution in [0.4, 0.5) is 0 Å². The van der Waals surface area contributed by atoms with Gasteiger partial charge in [-0.25, -0.2) is 4.98 Å². The Labute approximate surface area is 99.3 Å². The van der Waals surface area contributed by atoms with Crippen LogP contribution in [0.3, 0.4) is 0 Å². The number of rotatable bonds is 1. The normalized spacial score (nSPS) is 20.6. The Bertz CT molecular complexity index is 584. The van der Waals surface area contributed by atoms with Crippen LogP contribution in [0.2, 0.25) is 0 Å². The van der Waals surface area contributed by atoms with E-state index < -0.39 is 0 Å². The Morgan fingerprint density at radius 3 is 3.00 bits per heavy atom. The Hall–Kier alpha value is -1.68. The zero-order valence-corrected chi connectivity index (χ0v) is 9.60. The molecule has 3 rings (SSSR count). The van der Waals surface area contributed by atoms with Crippen molar-refractivity contribution in [3.63, 3.8) is 0 Å². The van der Waals surface area contributed by atoms with Crippen molar-refractivity contribution in [2.75, 3.05) is 6.54 Å². The van der Waals surface area contributed by atoms with Gasteiger partial charge in [0.1, 0.15) is 0 Å². The molecule has 2 aromatic rings. The number of benzene rings is 1. The maximum absolute atomic E-state index is 12.3. The standard InChI is InChI=1S/C13H15N3O/c17-13-10-5-1-2-6-11(10)15-9-16(13)12-7-3-4-8-14-12/h1-2,5-6,9,12,14H,3-4,7-8H2. The molecule has 1 aliphatic heterocycles. The van der Waals surface area contributed by atoms with E-state index in [0.717, 1.165) is 24.9 Å². The van der Waals surface area contributed by atoms with Crippen LogP contribution in [-0.2, 0) is 0 Å². The van der Waals surface area contributed by atoms with Crippen molar-refractivity contribution in [3.05, 3.63) is 40.9 Å². The molecular formula is C13H15N3O.